The molecule has 0 aromatic carbocycles. The van der Waals surface area contributed by atoms with E-state index in [4.69, 9.17) is 5.73 Å². The lowest BCUT2D eigenvalue weighted by molar-refractivity contribution is -0.129. The van der Waals surface area contributed by atoms with Crippen molar-refractivity contribution in [1.82, 2.24) is 4.90 Å². The number of halogens is 1. The van der Waals surface area contributed by atoms with Crippen LogP contribution in [-0.2, 0) is 4.79 Å². The van der Waals surface area contributed by atoms with E-state index in [-0.39, 0.29) is 23.7 Å². The average Bonchev–Trinajstić information content (AvgIpc) is 2.72. The van der Waals surface area contributed by atoms with Crippen LogP contribution in [0.3, 0.4) is 0 Å². The van der Waals surface area contributed by atoms with Crippen molar-refractivity contribution in [2.45, 2.75) is 30.6 Å². The molecule has 2 N–H and O–H groups in total. The highest BCUT2D eigenvalue weighted by Gasteiger charge is 2.31. The van der Waals surface area contributed by atoms with Gasteiger partial charge in [-0.05, 0) is 25.0 Å². The molecule has 2 atom stereocenters. The number of amides is 1. The van der Waals surface area contributed by atoms with E-state index in [0.29, 0.717) is 5.91 Å². The van der Waals surface area contributed by atoms with Crippen LogP contribution in [0.25, 0.3) is 0 Å². The van der Waals surface area contributed by atoms with E-state index in [1.807, 2.05) is 4.90 Å². The largest absolute Gasteiger partial charge is 0.340 e. The number of nitrogens with zero attached hydrogens (tertiary/aromatic N) is 1. The average molecular weight is 237 g/mol. The molecule has 0 aromatic heterocycles. The number of nitrogens with two attached hydrogens (primary N) is 1. The van der Waals surface area contributed by atoms with Gasteiger partial charge in [-0.3, -0.25) is 4.79 Å². The summed E-state index contributed by atoms with van der Waals surface area (Å²) in [5.74, 6) is 1.48. The van der Waals surface area contributed by atoms with Crippen LogP contribution in [0.4, 0.5) is 0 Å². The quantitative estimate of drug-likeness (QED) is 0.735. The minimum Gasteiger partial charge on any atom is -0.340 e. The molecular weight excluding hydrogens is 220 g/mol. The molecule has 14 heavy (non-hydrogen) atoms. The van der Waals surface area contributed by atoms with E-state index in [2.05, 4.69) is 0 Å². The van der Waals surface area contributed by atoms with Gasteiger partial charge in [0.05, 0.1) is 5.25 Å². The lowest BCUT2D eigenvalue weighted by Crippen LogP contribution is -2.36. The number of hydrogen-bond donors (Lipinski definition) is 1. The molecule has 5 heteroatoms. The zero-order valence-electron chi connectivity index (χ0n) is 8.15. The number of carbonyl (C=O) groups excluding carboxylic acids is 1. The van der Waals surface area contributed by atoms with Gasteiger partial charge in [0.2, 0.25) is 5.91 Å². The van der Waals surface area contributed by atoms with Crippen LogP contribution in [0.1, 0.15) is 19.3 Å². The van der Waals surface area contributed by atoms with Crippen molar-refractivity contribution in [2.24, 2.45) is 5.73 Å². The van der Waals surface area contributed by atoms with E-state index in [0.717, 1.165) is 31.7 Å². The van der Waals surface area contributed by atoms with Crippen molar-refractivity contribution in [3.63, 3.8) is 0 Å². The molecule has 0 aromatic rings. The summed E-state index contributed by atoms with van der Waals surface area (Å²) in [6.45, 7) is 1.65. The standard InChI is InChI=1S/C9H16N2OS.ClH/c10-7-3-4-11(6-7)9(12)8-2-1-5-13-8;/h7-8H,1-6,10H2;1H/t7-,8?;/m1./s1. The Balaban J connectivity index is 0.000000980. The molecule has 1 unspecified atom stereocenters. The predicted molar refractivity (Wildman–Crippen MR) is 61.9 cm³/mol. The smallest absolute Gasteiger partial charge is 0.235 e. The summed E-state index contributed by atoms with van der Waals surface area (Å²) in [5.41, 5.74) is 5.76. The predicted octanol–water partition coefficient (Wildman–Crippen LogP) is 0.863. The van der Waals surface area contributed by atoms with E-state index in [1.54, 1.807) is 11.8 Å². The summed E-state index contributed by atoms with van der Waals surface area (Å²) in [5, 5.41) is 0.241. The Morgan fingerprint density at radius 3 is 2.71 bits per heavy atom. The number of rotatable bonds is 1. The fraction of sp³-hybridized carbons (Fsp3) is 0.889. The Bertz CT molecular complexity index is 209. The van der Waals surface area contributed by atoms with Crippen molar-refractivity contribution >= 4 is 30.1 Å². The number of hydrogen-bond acceptors (Lipinski definition) is 3. The van der Waals surface area contributed by atoms with Crippen LogP contribution < -0.4 is 5.73 Å². The van der Waals surface area contributed by atoms with E-state index < -0.39 is 0 Å². The van der Waals surface area contributed by atoms with Crippen molar-refractivity contribution in [1.29, 1.82) is 0 Å². The fourth-order valence-electron chi connectivity index (χ4n) is 1.96. The van der Waals surface area contributed by atoms with Gasteiger partial charge in [-0.15, -0.1) is 24.2 Å². The molecule has 0 spiro atoms. The number of carbonyl (C=O) groups is 1. The first-order chi connectivity index (χ1) is 6.27. The first-order valence-corrected chi connectivity index (χ1v) is 5.98. The zero-order valence-corrected chi connectivity index (χ0v) is 9.78. The van der Waals surface area contributed by atoms with Crippen molar-refractivity contribution in [3.05, 3.63) is 0 Å². The summed E-state index contributed by atoms with van der Waals surface area (Å²) in [6.07, 6.45) is 3.24. The minimum atomic E-state index is 0. The van der Waals surface area contributed by atoms with Gasteiger partial charge in [-0.1, -0.05) is 0 Å². The Hall–Kier alpha value is 0.0700. The first-order valence-electron chi connectivity index (χ1n) is 4.93. The minimum absolute atomic E-state index is 0. The maximum absolute atomic E-state index is 11.8. The number of thioether (sulfide) groups is 1. The molecule has 2 fully saturated rings. The second-order valence-corrected chi connectivity index (χ2v) is 5.15. The van der Waals surface area contributed by atoms with Crippen LogP contribution >= 0.6 is 24.2 Å². The molecule has 2 aliphatic rings. The second-order valence-electron chi connectivity index (χ2n) is 3.83. The fourth-order valence-corrected chi connectivity index (χ4v) is 3.21. The topological polar surface area (TPSA) is 46.3 Å². The van der Waals surface area contributed by atoms with E-state index >= 15 is 0 Å². The Kier molecular flexibility index (Phi) is 4.54. The molecule has 2 heterocycles. The normalized spacial score (nSPS) is 31.6. The third-order valence-corrected chi connectivity index (χ3v) is 4.11. The molecule has 2 rings (SSSR count). The lowest BCUT2D eigenvalue weighted by Gasteiger charge is -2.19. The Morgan fingerprint density at radius 1 is 1.43 bits per heavy atom. The van der Waals surface area contributed by atoms with Crippen LogP contribution in [-0.4, -0.2) is 40.9 Å². The lowest BCUT2D eigenvalue weighted by atomic mass is 10.2. The maximum Gasteiger partial charge on any atom is 0.235 e. The van der Waals surface area contributed by atoms with Crippen molar-refractivity contribution < 1.29 is 4.79 Å². The highest BCUT2D eigenvalue weighted by Crippen LogP contribution is 2.28. The second kappa shape index (κ2) is 5.24. The zero-order chi connectivity index (χ0) is 9.26. The van der Waals surface area contributed by atoms with Gasteiger partial charge in [-0.25, -0.2) is 0 Å². The Morgan fingerprint density at radius 2 is 2.21 bits per heavy atom. The molecular formula is C9H17ClN2OS. The van der Waals surface area contributed by atoms with Crippen LogP contribution in [0, 0.1) is 0 Å². The SMILES string of the molecule is Cl.N[C@@H]1CCN(C(=O)C2CCCS2)C1. The van der Waals surface area contributed by atoms with Gasteiger partial charge in [-0.2, -0.15) is 0 Å². The molecule has 0 radical (unpaired) electrons. The summed E-state index contributed by atoms with van der Waals surface area (Å²) < 4.78 is 0. The van der Waals surface area contributed by atoms with Crippen molar-refractivity contribution in [3.8, 4) is 0 Å². The molecule has 1 amide bonds. The highest BCUT2D eigenvalue weighted by atomic mass is 35.5. The summed E-state index contributed by atoms with van der Waals surface area (Å²) in [7, 11) is 0. The first kappa shape index (κ1) is 12.1. The molecule has 0 saturated carbocycles. The van der Waals surface area contributed by atoms with Gasteiger partial charge >= 0.3 is 0 Å². The van der Waals surface area contributed by atoms with Gasteiger partial charge < -0.3 is 10.6 Å². The third kappa shape index (κ3) is 2.55. The van der Waals surface area contributed by atoms with E-state index in [1.165, 1.54) is 6.42 Å². The molecule has 3 nitrogen and oxygen atoms in total. The number of likely N-dealkylation sites (tertiary alicyclic amines) is 1. The summed E-state index contributed by atoms with van der Waals surface area (Å²) in [6, 6.07) is 0.218. The monoisotopic (exact) mass is 236 g/mol. The van der Waals surface area contributed by atoms with E-state index in [9.17, 15) is 4.79 Å². The van der Waals surface area contributed by atoms with Crippen LogP contribution in [0.2, 0.25) is 0 Å². The van der Waals surface area contributed by atoms with Crippen LogP contribution in [0.5, 0.6) is 0 Å². The summed E-state index contributed by atoms with van der Waals surface area (Å²) in [4.78, 5) is 13.8. The third-order valence-electron chi connectivity index (χ3n) is 2.74. The van der Waals surface area contributed by atoms with Crippen LogP contribution in [0.15, 0.2) is 0 Å². The molecule has 0 bridgehead atoms. The highest BCUT2D eigenvalue weighted by molar-refractivity contribution is 8.00. The molecule has 82 valence electrons. The molecule has 2 aliphatic heterocycles. The molecule has 0 aliphatic carbocycles. The van der Waals surface area contributed by atoms with Gasteiger partial charge in [0, 0.05) is 19.1 Å². The van der Waals surface area contributed by atoms with Crippen molar-refractivity contribution in [2.75, 3.05) is 18.8 Å². The van der Waals surface area contributed by atoms with Gasteiger partial charge in [0.25, 0.3) is 0 Å². The Labute approximate surface area is 95.2 Å². The summed E-state index contributed by atoms with van der Waals surface area (Å²) >= 11 is 1.81. The van der Waals surface area contributed by atoms with Gasteiger partial charge in [0.15, 0.2) is 0 Å². The molecule has 2 saturated heterocycles. The van der Waals surface area contributed by atoms with Gasteiger partial charge in [0.1, 0.15) is 0 Å². The maximum atomic E-state index is 11.8.